The number of hydrogen-bond donors (Lipinski definition) is 2. The van der Waals surface area contributed by atoms with E-state index in [0.29, 0.717) is 21.6 Å². The molecule has 0 atom stereocenters. The monoisotopic (exact) mass is 556 g/mol. The van der Waals surface area contributed by atoms with E-state index >= 15 is 0 Å². The minimum absolute atomic E-state index is 0.0785. The topological polar surface area (TPSA) is 108 Å². The van der Waals surface area contributed by atoms with Gasteiger partial charge in [-0.2, -0.15) is 5.10 Å². The molecule has 10 heteroatoms. The van der Waals surface area contributed by atoms with Gasteiger partial charge < -0.3 is 5.32 Å². The number of rotatable bonds is 8. The number of carbonyl (C=O) groups is 2. The van der Waals surface area contributed by atoms with Crippen molar-refractivity contribution in [3.63, 3.8) is 0 Å². The van der Waals surface area contributed by atoms with Gasteiger partial charge >= 0.3 is 0 Å². The number of nitrogens with zero attached hydrogens (tertiary/aromatic N) is 2. The molecule has 182 valence electrons. The molecule has 0 fully saturated rings. The lowest BCUT2D eigenvalue weighted by atomic mass is 10.1. The molecule has 0 bridgehead atoms. The zero-order valence-electron chi connectivity index (χ0n) is 19.4. The van der Waals surface area contributed by atoms with Crippen molar-refractivity contribution in [1.82, 2.24) is 5.43 Å². The van der Waals surface area contributed by atoms with E-state index in [1.165, 1.54) is 19.1 Å². The summed E-state index contributed by atoms with van der Waals surface area (Å²) in [6.07, 6.45) is 0. The van der Waals surface area contributed by atoms with Gasteiger partial charge in [0.05, 0.1) is 16.3 Å². The van der Waals surface area contributed by atoms with Crippen molar-refractivity contribution < 1.29 is 18.0 Å². The average molecular weight is 557 g/mol. The molecule has 3 rings (SSSR count). The zero-order valence-corrected chi connectivity index (χ0v) is 21.9. The van der Waals surface area contributed by atoms with Crippen molar-refractivity contribution >= 4 is 54.9 Å². The molecule has 2 amide bonds. The second-order valence-corrected chi connectivity index (χ2v) is 10.6. The van der Waals surface area contributed by atoms with E-state index < -0.39 is 22.5 Å². The van der Waals surface area contributed by atoms with Crippen LogP contribution in [-0.2, 0) is 19.6 Å². The van der Waals surface area contributed by atoms with E-state index in [2.05, 4.69) is 31.8 Å². The highest BCUT2D eigenvalue weighted by atomic mass is 79.9. The molecule has 0 aliphatic carbocycles. The Labute approximate surface area is 213 Å². The Kier molecular flexibility index (Phi) is 8.42. The molecule has 35 heavy (non-hydrogen) atoms. The lowest BCUT2D eigenvalue weighted by Gasteiger charge is -2.24. The highest BCUT2D eigenvalue weighted by Crippen LogP contribution is 2.26. The van der Waals surface area contributed by atoms with Gasteiger partial charge in [-0.05, 0) is 61.9 Å². The van der Waals surface area contributed by atoms with Gasteiger partial charge in [0.25, 0.3) is 15.9 Å². The summed E-state index contributed by atoms with van der Waals surface area (Å²) >= 11 is 3.36. The molecular formula is C25H25BrN4O4S. The minimum Gasteiger partial charge on any atom is -0.326 e. The number of hydrazone groups is 1. The molecule has 8 nitrogen and oxygen atoms in total. The fourth-order valence-electron chi connectivity index (χ4n) is 3.16. The number of anilines is 2. The predicted octanol–water partition coefficient (Wildman–Crippen LogP) is 4.45. The standard InChI is InChI=1S/C25H25BrN4O4S/c1-17-7-13-24(14-8-17)35(33,34)30(23-6-4-5-21(26)15-23)16-25(32)29-28-18(2)20-9-11-22(12-10-20)27-19(3)31/h4-15H,16H2,1-3H3,(H,27,31)(H,29,32)/b28-18-. The van der Waals surface area contributed by atoms with Crippen LogP contribution in [0.3, 0.4) is 0 Å². The van der Waals surface area contributed by atoms with Crippen molar-refractivity contribution in [2.75, 3.05) is 16.2 Å². The smallest absolute Gasteiger partial charge is 0.264 e. The van der Waals surface area contributed by atoms with Crippen molar-refractivity contribution in [3.05, 3.63) is 88.4 Å². The van der Waals surface area contributed by atoms with Crippen LogP contribution in [0.5, 0.6) is 0 Å². The van der Waals surface area contributed by atoms with Crippen LogP contribution in [0.1, 0.15) is 25.0 Å². The Balaban J connectivity index is 1.81. The maximum Gasteiger partial charge on any atom is 0.264 e. The first kappa shape index (κ1) is 26.1. The van der Waals surface area contributed by atoms with Crippen molar-refractivity contribution in [3.8, 4) is 0 Å². The maximum absolute atomic E-state index is 13.4. The summed E-state index contributed by atoms with van der Waals surface area (Å²) in [5, 5.41) is 6.79. The molecule has 0 aliphatic rings. The van der Waals surface area contributed by atoms with Gasteiger partial charge in [0.1, 0.15) is 6.54 Å². The number of sulfonamides is 1. The van der Waals surface area contributed by atoms with Gasteiger partial charge in [-0.3, -0.25) is 13.9 Å². The zero-order chi connectivity index (χ0) is 25.6. The summed E-state index contributed by atoms with van der Waals surface area (Å²) in [6.45, 7) is 4.53. The minimum atomic E-state index is -4.02. The molecule has 0 aliphatic heterocycles. The van der Waals surface area contributed by atoms with Crippen LogP contribution in [0.2, 0.25) is 0 Å². The number of halogens is 1. The molecule has 0 radical (unpaired) electrons. The first-order valence-electron chi connectivity index (χ1n) is 10.6. The van der Waals surface area contributed by atoms with Crippen molar-refractivity contribution in [2.45, 2.75) is 25.7 Å². The second-order valence-electron chi connectivity index (χ2n) is 7.80. The van der Waals surface area contributed by atoms with Crippen LogP contribution in [0.25, 0.3) is 0 Å². The summed E-state index contributed by atoms with van der Waals surface area (Å²) in [4.78, 5) is 24.0. The first-order valence-corrected chi connectivity index (χ1v) is 12.9. The highest BCUT2D eigenvalue weighted by Gasteiger charge is 2.27. The molecule has 3 aromatic carbocycles. The first-order chi connectivity index (χ1) is 16.6. The maximum atomic E-state index is 13.4. The molecule has 0 spiro atoms. The normalized spacial score (nSPS) is 11.6. The lowest BCUT2D eigenvalue weighted by molar-refractivity contribution is -0.119. The lowest BCUT2D eigenvalue weighted by Crippen LogP contribution is -2.39. The largest absolute Gasteiger partial charge is 0.326 e. The van der Waals surface area contributed by atoms with Gasteiger partial charge in [0.15, 0.2) is 0 Å². The summed E-state index contributed by atoms with van der Waals surface area (Å²) in [5.74, 6) is -0.777. The number of carbonyl (C=O) groups excluding carboxylic acids is 2. The Morgan fingerprint density at radius 3 is 2.23 bits per heavy atom. The second kappa shape index (κ2) is 11.3. The molecule has 0 saturated carbocycles. The Morgan fingerprint density at radius 2 is 1.63 bits per heavy atom. The molecule has 0 unspecified atom stereocenters. The van der Waals surface area contributed by atoms with Crippen LogP contribution in [-0.4, -0.2) is 32.5 Å². The van der Waals surface area contributed by atoms with Gasteiger partial charge in [-0.25, -0.2) is 13.8 Å². The van der Waals surface area contributed by atoms with Crippen LogP contribution in [0.15, 0.2) is 87.3 Å². The number of aryl methyl sites for hydroxylation is 1. The van der Waals surface area contributed by atoms with Gasteiger partial charge in [0, 0.05) is 17.1 Å². The SMILES string of the molecule is CC(=O)Nc1ccc(/C(C)=N\NC(=O)CN(c2cccc(Br)c2)S(=O)(=O)c2ccc(C)cc2)cc1. The average Bonchev–Trinajstić information content (AvgIpc) is 2.81. The molecular weight excluding hydrogens is 532 g/mol. The van der Waals surface area contributed by atoms with Gasteiger partial charge in [-0.1, -0.05) is 51.8 Å². The summed E-state index contributed by atoms with van der Waals surface area (Å²) in [5.41, 5.74) is 5.59. The number of nitrogens with one attached hydrogen (secondary N) is 2. The van der Waals surface area contributed by atoms with Crippen molar-refractivity contribution in [2.24, 2.45) is 5.10 Å². The third-order valence-electron chi connectivity index (χ3n) is 4.96. The quantitative estimate of drug-likeness (QED) is 0.315. The molecule has 2 N–H and O–H groups in total. The third kappa shape index (κ3) is 7.00. The highest BCUT2D eigenvalue weighted by molar-refractivity contribution is 9.10. The fourth-order valence-corrected chi connectivity index (χ4v) is 4.96. The Bertz CT molecular complexity index is 1350. The molecule has 3 aromatic rings. The molecule has 0 aromatic heterocycles. The number of hydrogen-bond acceptors (Lipinski definition) is 5. The van der Waals surface area contributed by atoms with Crippen LogP contribution in [0.4, 0.5) is 11.4 Å². The molecule has 0 heterocycles. The van der Waals surface area contributed by atoms with E-state index in [-0.39, 0.29) is 10.8 Å². The van der Waals surface area contributed by atoms with E-state index in [1.807, 2.05) is 6.92 Å². The van der Waals surface area contributed by atoms with E-state index in [4.69, 9.17) is 0 Å². The van der Waals surface area contributed by atoms with Crippen molar-refractivity contribution in [1.29, 1.82) is 0 Å². The summed E-state index contributed by atoms with van der Waals surface area (Å²) < 4.78 is 28.6. The molecule has 0 saturated heterocycles. The summed E-state index contributed by atoms with van der Waals surface area (Å²) in [7, 11) is -4.02. The summed E-state index contributed by atoms with van der Waals surface area (Å²) in [6, 6.07) is 20.1. The number of benzene rings is 3. The Hall–Kier alpha value is -3.50. The van der Waals surface area contributed by atoms with Gasteiger partial charge in [0.2, 0.25) is 5.91 Å². The third-order valence-corrected chi connectivity index (χ3v) is 7.25. The predicted molar refractivity (Wildman–Crippen MR) is 141 cm³/mol. The Morgan fingerprint density at radius 1 is 0.971 bits per heavy atom. The van der Waals surface area contributed by atoms with Crippen LogP contribution in [0, 0.1) is 6.92 Å². The van der Waals surface area contributed by atoms with Crippen LogP contribution >= 0.6 is 15.9 Å². The van der Waals surface area contributed by atoms with E-state index in [1.54, 1.807) is 67.6 Å². The fraction of sp³-hybridized carbons (Fsp3) is 0.160. The van der Waals surface area contributed by atoms with E-state index in [0.717, 1.165) is 15.4 Å². The van der Waals surface area contributed by atoms with E-state index in [9.17, 15) is 18.0 Å². The number of amides is 2. The van der Waals surface area contributed by atoms with Gasteiger partial charge in [-0.15, -0.1) is 0 Å². The van der Waals surface area contributed by atoms with Crippen LogP contribution < -0.4 is 15.0 Å².